The highest BCUT2D eigenvalue weighted by molar-refractivity contribution is 6.43. The van der Waals surface area contributed by atoms with Crippen LogP contribution < -0.4 is 0 Å². The SMILES string of the molecule is [B]C1=C([B])C([B])C([B])C([B])=C1C. The van der Waals surface area contributed by atoms with Crippen LogP contribution in [0.1, 0.15) is 6.92 Å². The molecular formula is C7H5B5. The second kappa shape index (κ2) is 3.28. The van der Waals surface area contributed by atoms with E-state index in [0.29, 0.717) is 16.4 Å². The van der Waals surface area contributed by atoms with E-state index < -0.39 is 11.6 Å². The van der Waals surface area contributed by atoms with Crippen LogP contribution in [0, 0.1) is 0 Å². The van der Waals surface area contributed by atoms with Crippen molar-refractivity contribution in [3.63, 3.8) is 0 Å². The third-order valence-electron chi connectivity index (χ3n) is 2.25. The standard InChI is InChI=1S/C7H5B5/c1-2-3(8)5(10)7(12)6(11)4(2)9/h5,7H,1H3. The molecule has 1 aliphatic rings. The van der Waals surface area contributed by atoms with E-state index in [9.17, 15) is 0 Å². The largest absolute Gasteiger partial charge is 0.130 e. The van der Waals surface area contributed by atoms with E-state index in [1.54, 1.807) is 6.92 Å². The molecule has 0 aliphatic heterocycles. The molecule has 48 valence electrons. The van der Waals surface area contributed by atoms with E-state index in [0.717, 1.165) is 5.57 Å². The van der Waals surface area contributed by atoms with Gasteiger partial charge in [0, 0.05) is 0 Å². The molecule has 0 N–H and O–H groups in total. The Labute approximate surface area is 80.3 Å². The Kier molecular flexibility index (Phi) is 2.70. The van der Waals surface area contributed by atoms with Crippen molar-refractivity contribution in [3.05, 3.63) is 22.0 Å². The summed E-state index contributed by atoms with van der Waals surface area (Å²) in [6.45, 7) is 1.78. The van der Waals surface area contributed by atoms with Gasteiger partial charge in [0.15, 0.2) is 0 Å². The Morgan fingerprint density at radius 2 is 1.33 bits per heavy atom. The van der Waals surface area contributed by atoms with Crippen molar-refractivity contribution in [2.45, 2.75) is 18.6 Å². The molecule has 1 aliphatic carbocycles. The average Bonchev–Trinajstić information content (AvgIpc) is 2.08. The lowest BCUT2D eigenvalue weighted by Gasteiger charge is -2.33. The summed E-state index contributed by atoms with van der Waals surface area (Å²) < 4.78 is 0. The third kappa shape index (κ3) is 1.34. The molecule has 0 aromatic carbocycles. The topological polar surface area (TPSA) is 0 Å². The Morgan fingerprint density at radius 3 is 1.83 bits per heavy atom. The van der Waals surface area contributed by atoms with Gasteiger partial charge in [0.2, 0.25) is 0 Å². The summed E-state index contributed by atoms with van der Waals surface area (Å²) in [6.07, 6.45) is 0. The van der Waals surface area contributed by atoms with Crippen LogP contribution in [0.15, 0.2) is 22.0 Å². The number of allylic oxidation sites excluding steroid dienone is 4. The molecule has 0 spiro atoms. The van der Waals surface area contributed by atoms with Gasteiger partial charge in [-0.3, -0.25) is 0 Å². The maximum Gasteiger partial charge on any atom is 0.112 e. The normalized spacial score (nSPS) is 31.1. The first-order valence-electron chi connectivity index (χ1n) is 3.69. The zero-order chi connectivity index (χ0) is 9.46. The van der Waals surface area contributed by atoms with Gasteiger partial charge >= 0.3 is 0 Å². The van der Waals surface area contributed by atoms with Crippen molar-refractivity contribution < 1.29 is 0 Å². The minimum Gasteiger partial charge on any atom is -0.130 e. The molecule has 0 aromatic rings. The summed E-state index contributed by atoms with van der Waals surface area (Å²) >= 11 is 0. The smallest absolute Gasteiger partial charge is 0.112 e. The Bertz CT molecular complexity index is 237. The first-order chi connectivity index (χ1) is 5.46. The zero-order valence-corrected chi connectivity index (χ0v) is 7.04. The lowest BCUT2D eigenvalue weighted by Crippen LogP contribution is -2.18. The van der Waals surface area contributed by atoms with Crippen molar-refractivity contribution in [2.75, 3.05) is 0 Å². The summed E-state index contributed by atoms with van der Waals surface area (Å²) in [6, 6.07) is 0. The summed E-state index contributed by atoms with van der Waals surface area (Å²) in [5.41, 5.74) is 2.15. The van der Waals surface area contributed by atoms with Gasteiger partial charge in [0.1, 0.15) is 23.5 Å². The quantitative estimate of drug-likeness (QED) is 0.416. The van der Waals surface area contributed by atoms with Crippen molar-refractivity contribution in [2.24, 2.45) is 0 Å². The van der Waals surface area contributed by atoms with Gasteiger partial charge in [0.25, 0.3) is 0 Å². The Balaban J connectivity index is 3.18. The van der Waals surface area contributed by atoms with E-state index in [4.69, 9.17) is 39.2 Å². The first-order valence-corrected chi connectivity index (χ1v) is 3.69. The number of rotatable bonds is 0. The predicted molar refractivity (Wildman–Crippen MR) is 56.0 cm³/mol. The molecule has 0 heterocycles. The van der Waals surface area contributed by atoms with Gasteiger partial charge in [-0.2, -0.15) is 0 Å². The van der Waals surface area contributed by atoms with E-state index in [1.165, 1.54) is 0 Å². The van der Waals surface area contributed by atoms with Crippen LogP contribution in [0.4, 0.5) is 0 Å². The monoisotopic (exact) mass is 144 g/mol. The Hall–Kier alpha value is -0.195. The highest BCUT2D eigenvalue weighted by Gasteiger charge is 2.21. The first kappa shape index (κ1) is 9.89. The van der Waals surface area contributed by atoms with Gasteiger partial charge in [-0.25, -0.2) is 0 Å². The molecule has 5 heteroatoms. The molecule has 2 unspecified atom stereocenters. The molecular weight excluding hydrogens is 138 g/mol. The van der Waals surface area contributed by atoms with Crippen LogP contribution in [0.5, 0.6) is 0 Å². The van der Waals surface area contributed by atoms with Crippen LogP contribution in [0.2, 0.25) is 11.6 Å². The average molecular weight is 143 g/mol. The third-order valence-corrected chi connectivity index (χ3v) is 2.25. The van der Waals surface area contributed by atoms with Crippen molar-refractivity contribution in [3.8, 4) is 0 Å². The van der Waals surface area contributed by atoms with Gasteiger partial charge in [-0.15, -0.1) is 16.4 Å². The molecule has 0 nitrogen and oxygen atoms in total. The van der Waals surface area contributed by atoms with E-state index in [-0.39, 0.29) is 0 Å². The summed E-state index contributed by atoms with van der Waals surface area (Å²) in [4.78, 5) is 0. The molecule has 0 amide bonds. The predicted octanol–water partition coefficient (Wildman–Crippen LogP) is -0.0949. The van der Waals surface area contributed by atoms with Crippen LogP contribution in [0.3, 0.4) is 0 Å². The fraction of sp³-hybridized carbons (Fsp3) is 0.429. The number of hydrogen-bond acceptors (Lipinski definition) is 0. The molecule has 0 bridgehead atoms. The molecule has 0 saturated carbocycles. The van der Waals surface area contributed by atoms with Gasteiger partial charge in [-0.05, 0) is 6.92 Å². The van der Waals surface area contributed by atoms with Crippen LogP contribution in [-0.4, -0.2) is 39.2 Å². The van der Waals surface area contributed by atoms with Gasteiger partial charge in [0.05, 0.1) is 15.7 Å². The van der Waals surface area contributed by atoms with E-state index in [2.05, 4.69) is 0 Å². The van der Waals surface area contributed by atoms with Crippen LogP contribution in [-0.2, 0) is 0 Å². The van der Waals surface area contributed by atoms with Crippen molar-refractivity contribution in [1.82, 2.24) is 0 Å². The fourth-order valence-corrected chi connectivity index (χ4v) is 1.19. The molecule has 0 aromatic heterocycles. The molecule has 10 radical (unpaired) electrons. The van der Waals surface area contributed by atoms with Crippen molar-refractivity contribution >= 4 is 39.2 Å². The van der Waals surface area contributed by atoms with Crippen molar-refractivity contribution in [1.29, 1.82) is 0 Å². The van der Waals surface area contributed by atoms with Gasteiger partial charge < -0.3 is 0 Å². The summed E-state index contributed by atoms with van der Waals surface area (Å²) in [7, 11) is 28.3. The molecule has 1 rings (SSSR count). The molecule has 0 fully saturated rings. The molecule has 12 heavy (non-hydrogen) atoms. The maximum absolute atomic E-state index is 5.69. The van der Waals surface area contributed by atoms with Crippen LogP contribution >= 0.6 is 0 Å². The lowest BCUT2D eigenvalue weighted by atomic mass is 9.48. The minimum atomic E-state index is -0.464. The van der Waals surface area contributed by atoms with Crippen LogP contribution in [0.25, 0.3) is 0 Å². The summed E-state index contributed by atoms with van der Waals surface area (Å²) in [5.74, 6) is -0.883. The summed E-state index contributed by atoms with van der Waals surface area (Å²) in [5, 5.41) is 0. The Morgan fingerprint density at radius 1 is 0.917 bits per heavy atom. The fourth-order valence-electron chi connectivity index (χ4n) is 1.19. The van der Waals surface area contributed by atoms with E-state index >= 15 is 0 Å². The highest BCUT2D eigenvalue weighted by atomic mass is 14.2. The van der Waals surface area contributed by atoms with E-state index in [1.807, 2.05) is 0 Å². The minimum absolute atomic E-state index is 0.419. The molecule has 0 saturated heterocycles. The zero-order valence-electron chi connectivity index (χ0n) is 7.04. The maximum atomic E-state index is 5.69. The lowest BCUT2D eigenvalue weighted by molar-refractivity contribution is 0.959. The van der Waals surface area contributed by atoms with Gasteiger partial charge in [-0.1, -0.05) is 17.2 Å². The highest BCUT2D eigenvalue weighted by Crippen LogP contribution is 2.38. The number of hydrogen-bond donors (Lipinski definition) is 0. The molecule has 2 atom stereocenters. The second-order valence-electron chi connectivity index (χ2n) is 3.00. The second-order valence-corrected chi connectivity index (χ2v) is 3.00.